The smallest absolute Gasteiger partial charge is 0.434 e. The molecule has 0 aliphatic heterocycles. The number of aromatic nitrogens is 4. The Balaban J connectivity index is 1.59. The average molecular weight is 457 g/mol. The number of carbonyl (C=O) groups is 1. The van der Waals surface area contributed by atoms with Gasteiger partial charge in [-0.25, -0.2) is 9.97 Å². The normalized spacial score (nSPS) is 16.5. The van der Waals surface area contributed by atoms with E-state index in [0.717, 1.165) is 18.5 Å². The average Bonchev–Trinajstić information content (AvgIpc) is 3.18. The zero-order valence-corrected chi connectivity index (χ0v) is 16.0. The van der Waals surface area contributed by atoms with E-state index in [1.165, 1.54) is 6.07 Å². The second kappa shape index (κ2) is 7.88. The predicted octanol–water partition coefficient (Wildman–Crippen LogP) is 4.37. The van der Waals surface area contributed by atoms with Gasteiger partial charge in [-0.3, -0.25) is 14.8 Å². The predicted molar refractivity (Wildman–Crippen MR) is 94.9 cm³/mol. The molecule has 7 nitrogen and oxygen atoms in total. The molecule has 0 saturated carbocycles. The molecule has 0 unspecified atom stereocenters. The molecule has 1 amide bonds. The van der Waals surface area contributed by atoms with Crippen molar-refractivity contribution in [1.82, 2.24) is 25.3 Å². The summed E-state index contributed by atoms with van der Waals surface area (Å²) in [6.07, 6.45) is -5.60. The third-order valence-electron chi connectivity index (χ3n) is 4.71. The lowest BCUT2D eigenvalue weighted by Crippen LogP contribution is -2.31. The van der Waals surface area contributed by atoms with Crippen molar-refractivity contribution < 1.29 is 35.6 Å². The topological polar surface area (TPSA) is 93.8 Å². The molecule has 1 aliphatic rings. The van der Waals surface area contributed by atoms with Gasteiger partial charge in [0, 0.05) is 11.8 Å². The van der Waals surface area contributed by atoms with E-state index in [1.54, 1.807) is 0 Å². The monoisotopic (exact) mass is 457 g/mol. The highest BCUT2D eigenvalue weighted by Gasteiger charge is 2.35. The zero-order chi connectivity index (χ0) is 23.1. The van der Waals surface area contributed by atoms with Crippen LogP contribution in [0.4, 0.5) is 26.3 Å². The van der Waals surface area contributed by atoms with Crippen LogP contribution >= 0.6 is 0 Å². The minimum atomic E-state index is -4.76. The van der Waals surface area contributed by atoms with Gasteiger partial charge in [-0.1, -0.05) is 0 Å². The molecule has 1 aliphatic carbocycles. The fourth-order valence-corrected chi connectivity index (χ4v) is 3.24. The standard InChI is InChI=1S/C19H13F6N5O2/c20-18(21,22)13-6-9(4-5-27-13)17-30-11-3-1-2-10(15(11)32-17)29-16(31)12-7-26-8-14(28-12)19(23,24)25/h4-8,10H,1-3H2,(H,29,31)/t10-/m1/s1. The van der Waals surface area contributed by atoms with Gasteiger partial charge in [0.1, 0.15) is 17.1 Å². The lowest BCUT2D eigenvalue weighted by Gasteiger charge is -2.21. The van der Waals surface area contributed by atoms with E-state index in [4.69, 9.17) is 4.42 Å². The Morgan fingerprint density at radius 2 is 1.81 bits per heavy atom. The Kier molecular flexibility index (Phi) is 5.34. The Morgan fingerprint density at radius 3 is 2.53 bits per heavy atom. The second-order valence-electron chi connectivity index (χ2n) is 6.96. The van der Waals surface area contributed by atoms with Gasteiger partial charge >= 0.3 is 12.4 Å². The molecule has 0 aromatic carbocycles. The number of oxazole rings is 1. The number of pyridine rings is 1. The fraction of sp³-hybridized carbons (Fsp3) is 0.316. The molecule has 0 fully saturated rings. The third kappa shape index (κ3) is 4.41. The highest BCUT2D eigenvalue weighted by Crippen LogP contribution is 2.35. The first-order valence-electron chi connectivity index (χ1n) is 9.25. The van der Waals surface area contributed by atoms with Gasteiger partial charge in [-0.05, 0) is 31.4 Å². The van der Waals surface area contributed by atoms with Gasteiger partial charge < -0.3 is 9.73 Å². The van der Waals surface area contributed by atoms with E-state index in [2.05, 4.69) is 25.3 Å². The summed E-state index contributed by atoms with van der Waals surface area (Å²) in [6, 6.07) is 1.36. The van der Waals surface area contributed by atoms with Crippen LogP contribution in [0.1, 0.15) is 52.2 Å². The zero-order valence-electron chi connectivity index (χ0n) is 16.0. The molecule has 168 valence electrons. The molecule has 1 N–H and O–H groups in total. The first kappa shape index (κ1) is 21.7. The minimum Gasteiger partial charge on any atom is -0.439 e. The molecule has 0 radical (unpaired) electrons. The maximum absolute atomic E-state index is 12.9. The van der Waals surface area contributed by atoms with Gasteiger partial charge in [0.15, 0.2) is 5.69 Å². The molecular weight excluding hydrogens is 444 g/mol. The summed E-state index contributed by atoms with van der Waals surface area (Å²) in [5.74, 6) is -0.754. The molecule has 0 bridgehead atoms. The first-order valence-corrected chi connectivity index (χ1v) is 9.25. The van der Waals surface area contributed by atoms with Gasteiger partial charge in [0.05, 0.1) is 24.1 Å². The highest BCUT2D eigenvalue weighted by atomic mass is 19.4. The Morgan fingerprint density at radius 1 is 1.06 bits per heavy atom. The molecule has 3 aromatic heterocycles. The van der Waals surface area contributed by atoms with Crippen molar-refractivity contribution in [1.29, 1.82) is 0 Å². The van der Waals surface area contributed by atoms with Crippen molar-refractivity contribution in [2.75, 3.05) is 0 Å². The lowest BCUT2D eigenvalue weighted by molar-refractivity contribution is -0.142. The van der Waals surface area contributed by atoms with Crippen LogP contribution in [0.5, 0.6) is 0 Å². The number of halogens is 6. The number of hydrogen-bond acceptors (Lipinski definition) is 6. The van der Waals surface area contributed by atoms with Crippen LogP contribution in [0.3, 0.4) is 0 Å². The van der Waals surface area contributed by atoms with Crippen molar-refractivity contribution in [3.05, 3.63) is 59.3 Å². The number of amides is 1. The number of hydrogen-bond donors (Lipinski definition) is 1. The van der Waals surface area contributed by atoms with Gasteiger partial charge in [0.2, 0.25) is 5.89 Å². The molecule has 4 rings (SSSR count). The van der Waals surface area contributed by atoms with Crippen LogP contribution in [0.15, 0.2) is 35.1 Å². The van der Waals surface area contributed by atoms with Crippen LogP contribution in [0.25, 0.3) is 11.5 Å². The van der Waals surface area contributed by atoms with Crippen molar-refractivity contribution >= 4 is 5.91 Å². The molecule has 3 aromatic rings. The molecule has 0 spiro atoms. The van der Waals surface area contributed by atoms with Crippen LogP contribution in [0, 0.1) is 0 Å². The van der Waals surface area contributed by atoms with Gasteiger partial charge in [-0.15, -0.1) is 0 Å². The Bertz CT molecular complexity index is 1160. The van der Waals surface area contributed by atoms with Crippen LogP contribution in [-0.2, 0) is 18.8 Å². The summed E-state index contributed by atoms with van der Waals surface area (Å²) in [7, 11) is 0. The van der Waals surface area contributed by atoms with Gasteiger partial charge in [-0.2, -0.15) is 26.3 Å². The first-order chi connectivity index (χ1) is 15.0. The molecule has 0 saturated heterocycles. The number of carbonyl (C=O) groups excluding carboxylic acids is 1. The number of nitrogens with zero attached hydrogens (tertiary/aromatic N) is 4. The summed E-state index contributed by atoms with van der Waals surface area (Å²) >= 11 is 0. The number of fused-ring (bicyclic) bond motifs is 1. The van der Waals surface area contributed by atoms with E-state index < -0.39 is 41.4 Å². The van der Waals surface area contributed by atoms with E-state index in [-0.39, 0.29) is 17.2 Å². The van der Waals surface area contributed by atoms with E-state index >= 15 is 0 Å². The maximum atomic E-state index is 12.9. The summed E-state index contributed by atoms with van der Waals surface area (Å²) in [6.45, 7) is 0. The number of aryl methyl sites for hydroxylation is 1. The summed E-state index contributed by atoms with van der Waals surface area (Å²) < 4.78 is 82.9. The lowest BCUT2D eigenvalue weighted by atomic mass is 9.97. The summed E-state index contributed by atoms with van der Waals surface area (Å²) in [4.78, 5) is 26.7. The Labute approximate surface area is 175 Å². The van der Waals surface area contributed by atoms with Crippen molar-refractivity contribution in [2.24, 2.45) is 0 Å². The SMILES string of the molecule is O=C(N[C@@H]1CCCc2nc(-c3ccnc(C(F)(F)F)c3)oc21)c1cncc(C(F)(F)F)n1. The molecule has 13 heteroatoms. The Hall–Kier alpha value is -3.51. The van der Waals surface area contributed by atoms with E-state index in [1.807, 2.05) is 0 Å². The summed E-state index contributed by atoms with van der Waals surface area (Å²) in [5, 5.41) is 2.54. The maximum Gasteiger partial charge on any atom is 0.434 e. The third-order valence-corrected chi connectivity index (χ3v) is 4.71. The molecule has 32 heavy (non-hydrogen) atoms. The number of alkyl halides is 6. The molecular formula is C19H13F6N5O2. The highest BCUT2D eigenvalue weighted by molar-refractivity contribution is 5.92. The largest absolute Gasteiger partial charge is 0.439 e. The second-order valence-corrected chi connectivity index (χ2v) is 6.96. The number of nitrogens with one attached hydrogen (secondary N) is 1. The van der Waals surface area contributed by atoms with Crippen LogP contribution in [-0.4, -0.2) is 25.8 Å². The van der Waals surface area contributed by atoms with Crippen LogP contribution < -0.4 is 5.32 Å². The summed E-state index contributed by atoms with van der Waals surface area (Å²) in [5.41, 5.74) is -2.46. The van der Waals surface area contributed by atoms with Gasteiger partial charge in [0.25, 0.3) is 5.91 Å². The van der Waals surface area contributed by atoms with Crippen molar-refractivity contribution in [3.63, 3.8) is 0 Å². The minimum absolute atomic E-state index is 0.0514. The number of rotatable bonds is 3. The van der Waals surface area contributed by atoms with Crippen molar-refractivity contribution in [3.8, 4) is 11.5 Å². The van der Waals surface area contributed by atoms with E-state index in [0.29, 0.717) is 31.2 Å². The quantitative estimate of drug-likeness (QED) is 0.587. The molecule has 1 atom stereocenters. The van der Waals surface area contributed by atoms with Crippen LogP contribution in [0.2, 0.25) is 0 Å². The van der Waals surface area contributed by atoms with E-state index in [9.17, 15) is 31.1 Å². The molecule has 3 heterocycles. The fourth-order valence-electron chi connectivity index (χ4n) is 3.24. The van der Waals surface area contributed by atoms with Crippen molar-refractivity contribution in [2.45, 2.75) is 37.7 Å².